The van der Waals surface area contributed by atoms with Crippen LogP contribution in [0.3, 0.4) is 0 Å². The van der Waals surface area contributed by atoms with Gasteiger partial charge in [-0.1, -0.05) is 32.6 Å². The van der Waals surface area contributed by atoms with Crippen LogP contribution in [0.15, 0.2) is 6.07 Å². The first-order chi connectivity index (χ1) is 10.0. The van der Waals surface area contributed by atoms with Gasteiger partial charge in [0.05, 0.1) is 0 Å². The Morgan fingerprint density at radius 1 is 1.00 bits per heavy atom. The van der Waals surface area contributed by atoms with Crippen LogP contribution >= 0.6 is 0 Å². The summed E-state index contributed by atoms with van der Waals surface area (Å²) in [4.78, 5) is 0. The maximum atomic E-state index is 14.2. The zero-order valence-electron chi connectivity index (χ0n) is 13.0. The molecule has 0 amide bonds. The highest BCUT2D eigenvalue weighted by Gasteiger charge is 2.28. The average Bonchev–Trinajstić information content (AvgIpc) is 2.47. The summed E-state index contributed by atoms with van der Waals surface area (Å²) in [6.07, 6.45) is 8.66. The van der Waals surface area contributed by atoms with Gasteiger partial charge < -0.3 is 0 Å². The molecule has 1 saturated carbocycles. The lowest BCUT2D eigenvalue weighted by molar-refractivity contribution is 0.294. The first-order valence-electron chi connectivity index (χ1n) is 8.18. The van der Waals surface area contributed by atoms with Crippen molar-refractivity contribution in [1.82, 2.24) is 0 Å². The van der Waals surface area contributed by atoms with E-state index < -0.39 is 17.5 Å². The van der Waals surface area contributed by atoms with Crippen LogP contribution in [0, 0.1) is 30.3 Å². The van der Waals surface area contributed by atoms with Gasteiger partial charge in [0, 0.05) is 17.2 Å². The second-order valence-electron chi connectivity index (χ2n) is 6.41. The van der Waals surface area contributed by atoms with Crippen molar-refractivity contribution in [2.75, 3.05) is 0 Å². The van der Waals surface area contributed by atoms with Crippen molar-refractivity contribution >= 4 is 0 Å². The number of halogens is 3. The van der Waals surface area contributed by atoms with E-state index >= 15 is 0 Å². The highest BCUT2D eigenvalue weighted by molar-refractivity contribution is 5.31. The van der Waals surface area contributed by atoms with Crippen LogP contribution in [0.25, 0.3) is 0 Å². The molecule has 1 fully saturated rings. The van der Waals surface area contributed by atoms with Crippen molar-refractivity contribution in [3.8, 4) is 0 Å². The lowest BCUT2D eigenvalue weighted by atomic mass is 9.76. The van der Waals surface area contributed by atoms with Crippen molar-refractivity contribution < 1.29 is 13.2 Å². The van der Waals surface area contributed by atoms with Crippen LogP contribution in [-0.4, -0.2) is 0 Å². The quantitative estimate of drug-likeness (QED) is 0.562. The summed E-state index contributed by atoms with van der Waals surface area (Å²) in [6, 6.07) is 0.834. The van der Waals surface area contributed by atoms with Crippen LogP contribution in [-0.2, 0) is 0 Å². The van der Waals surface area contributed by atoms with Gasteiger partial charge in [-0.05, 0) is 44.4 Å². The molecule has 3 heteroatoms. The number of unbranched alkanes of at least 4 members (excludes halogenated alkanes) is 2. The monoisotopic (exact) mass is 298 g/mol. The SMILES string of the molecule is CCCCC[C@H]1CC[C@H](c2c(F)cc(F)c(C)c2F)CC1. The minimum Gasteiger partial charge on any atom is -0.206 e. The number of hydrogen-bond acceptors (Lipinski definition) is 0. The molecule has 0 radical (unpaired) electrons. The molecule has 1 aromatic rings. The Hall–Kier alpha value is -0.990. The summed E-state index contributed by atoms with van der Waals surface area (Å²) >= 11 is 0. The molecule has 0 heterocycles. The van der Waals surface area contributed by atoms with Gasteiger partial charge in [0.15, 0.2) is 0 Å². The highest BCUT2D eigenvalue weighted by Crippen LogP contribution is 2.40. The van der Waals surface area contributed by atoms with Crippen LogP contribution in [0.2, 0.25) is 0 Å². The molecule has 1 aromatic carbocycles. The third kappa shape index (κ3) is 3.81. The molecule has 118 valence electrons. The Morgan fingerprint density at radius 3 is 2.29 bits per heavy atom. The van der Waals surface area contributed by atoms with E-state index in [9.17, 15) is 13.2 Å². The molecule has 0 aliphatic heterocycles. The van der Waals surface area contributed by atoms with Crippen molar-refractivity contribution in [2.45, 2.75) is 71.1 Å². The van der Waals surface area contributed by atoms with Crippen molar-refractivity contribution in [2.24, 2.45) is 5.92 Å². The maximum Gasteiger partial charge on any atom is 0.135 e. The van der Waals surface area contributed by atoms with E-state index in [1.165, 1.54) is 32.6 Å². The molecule has 0 atom stereocenters. The fraction of sp³-hybridized carbons (Fsp3) is 0.667. The van der Waals surface area contributed by atoms with E-state index in [1.54, 1.807) is 0 Å². The van der Waals surface area contributed by atoms with Gasteiger partial charge in [-0.25, -0.2) is 13.2 Å². The molecule has 21 heavy (non-hydrogen) atoms. The fourth-order valence-electron chi connectivity index (χ4n) is 3.51. The average molecular weight is 298 g/mol. The van der Waals surface area contributed by atoms with Crippen LogP contribution in [0.1, 0.15) is 75.3 Å². The topological polar surface area (TPSA) is 0 Å². The van der Waals surface area contributed by atoms with Crippen LogP contribution in [0.4, 0.5) is 13.2 Å². The Kier molecular flexibility index (Phi) is 5.72. The largest absolute Gasteiger partial charge is 0.206 e. The second kappa shape index (κ2) is 7.33. The van der Waals surface area contributed by atoms with Crippen LogP contribution < -0.4 is 0 Å². The second-order valence-corrected chi connectivity index (χ2v) is 6.41. The van der Waals surface area contributed by atoms with E-state index in [0.717, 1.165) is 31.7 Å². The van der Waals surface area contributed by atoms with Crippen LogP contribution in [0.5, 0.6) is 0 Å². The number of rotatable bonds is 5. The minimum atomic E-state index is -0.790. The van der Waals surface area contributed by atoms with Gasteiger partial charge in [-0.2, -0.15) is 0 Å². The molecule has 0 saturated heterocycles. The summed E-state index contributed by atoms with van der Waals surface area (Å²) in [7, 11) is 0. The summed E-state index contributed by atoms with van der Waals surface area (Å²) in [5.41, 5.74) is 0.0531. The number of hydrogen-bond donors (Lipinski definition) is 0. The Bertz CT molecular complexity index is 474. The van der Waals surface area contributed by atoms with Crippen molar-refractivity contribution in [3.63, 3.8) is 0 Å². The summed E-state index contributed by atoms with van der Waals surface area (Å²) in [6.45, 7) is 3.57. The molecule has 0 spiro atoms. The highest BCUT2D eigenvalue weighted by atomic mass is 19.1. The summed E-state index contributed by atoms with van der Waals surface area (Å²) < 4.78 is 41.5. The zero-order valence-corrected chi connectivity index (χ0v) is 13.0. The Labute approximate surface area is 125 Å². The molecule has 0 aromatic heterocycles. The molecule has 1 aliphatic rings. The van der Waals surface area contributed by atoms with E-state index in [-0.39, 0.29) is 17.0 Å². The predicted octanol–water partition coefficient (Wildman–Crippen LogP) is 6.27. The molecule has 2 rings (SSSR count). The maximum absolute atomic E-state index is 14.2. The van der Waals surface area contributed by atoms with Gasteiger partial charge in [-0.15, -0.1) is 0 Å². The smallest absolute Gasteiger partial charge is 0.135 e. The molecular weight excluding hydrogens is 273 g/mol. The van der Waals surface area contributed by atoms with Gasteiger partial charge in [0.2, 0.25) is 0 Å². The molecule has 0 nitrogen and oxygen atoms in total. The molecule has 0 unspecified atom stereocenters. The van der Waals surface area contributed by atoms with Gasteiger partial charge in [0.25, 0.3) is 0 Å². The zero-order chi connectivity index (χ0) is 15.4. The van der Waals surface area contributed by atoms with E-state index in [1.807, 2.05) is 0 Å². The molecule has 1 aliphatic carbocycles. The van der Waals surface area contributed by atoms with E-state index in [0.29, 0.717) is 5.92 Å². The number of benzene rings is 1. The summed E-state index contributed by atoms with van der Waals surface area (Å²) in [5, 5.41) is 0. The van der Waals surface area contributed by atoms with E-state index in [4.69, 9.17) is 0 Å². The normalized spacial score (nSPS) is 22.5. The van der Waals surface area contributed by atoms with Gasteiger partial charge in [-0.3, -0.25) is 0 Å². The third-order valence-corrected chi connectivity index (χ3v) is 4.91. The molecule has 0 N–H and O–H groups in total. The van der Waals surface area contributed by atoms with Crippen molar-refractivity contribution in [3.05, 3.63) is 34.6 Å². The lowest BCUT2D eigenvalue weighted by Crippen LogP contribution is -2.16. The molecule has 0 bridgehead atoms. The standard InChI is InChI=1S/C18H25F3/c1-3-4-5-6-13-7-9-14(10-8-13)17-16(20)11-15(19)12(2)18(17)21/h11,13-14H,3-10H2,1-2H3/t13-,14-. The van der Waals surface area contributed by atoms with Crippen molar-refractivity contribution in [1.29, 1.82) is 0 Å². The Balaban J connectivity index is 2.01. The minimum absolute atomic E-state index is 0.0588. The van der Waals surface area contributed by atoms with Gasteiger partial charge >= 0.3 is 0 Å². The lowest BCUT2D eigenvalue weighted by Gasteiger charge is -2.29. The Morgan fingerprint density at radius 2 is 1.67 bits per heavy atom. The summed E-state index contributed by atoms with van der Waals surface area (Å²) in [5.74, 6) is -1.58. The predicted molar refractivity (Wildman–Crippen MR) is 79.9 cm³/mol. The fourth-order valence-corrected chi connectivity index (χ4v) is 3.51. The first-order valence-corrected chi connectivity index (χ1v) is 8.18. The van der Waals surface area contributed by atoms with Gasteiger partial charge in [0.1, 0.15) is 17.5 Å². The van der Waals surface area contributed by atoms with E-state index in [2.05, 4.69) is 6.92 Å². The molecular formula is C18H25F3. The first kappa shape index (κ1) is 16.4. The third-order valence-electron chi connectivity index (χ3n) is 4.91.